The molecule has 1 aromatic carbocycles. The van der Waals surface area contributed by atoms with Gasteiger partial charge in [0.25, 0.3) is 0 Å². The zero-order chi connectivity index (χ0) is 26.8. The van der Waals surface area contributed by atoms with Gasteiger partial charge >= 0.3 is 5.69 Å². The number of hydrogen-bond donors (Lipinski definition) is 2. The molecule has 0 radical (unpaired) electrons. The average molecular weight is 524 g/mol. The van der Waals surface area contributed by atoms with E-state index in [4.69, 9.17) is 0 Å². The first-order valence-corrected chi connectivity index (χ1v) is 13.1. The monoisotopic (exact) mass is 523 g/mol. The van der Waals surface area contributed by atoms with Gasteiger partial charge in [-0.2, -0.15) is 9.37 Å². The second kappa shape index (κ2) is 8.79. The van der Waals surface area contributed by atoms with Gasteiger partial charge in [-0.25, -0.2) is 14.2 Å². The molecule has 11 heteroatoms. The van der Waals surface area contributed by atoms with E-state index >= 15 is 4.39 Å². The number of benzene rings is 1. The third-order valence-electron chi connectivity index (χ3n) is 8.34. The average Bonchev–Trinajstić information content (AvgIpc) is 3.71. The van der Waals surface area contributed by atoms with Gasteiger partial charge in [-0.3, -0.25) is 4.57 Å². The number of rotatable bonds is 5. The summed E-state index contributed by atoms with van der Waals surface area (Å²) in [5.74, 6) is -0.471. The van der Waals surface area contributed by atoms with Crippen molar-refractivity contribution < 1.29 is 13.9 Å². The van der Waals surface area contributed by atoms with Gasteiger partial charge in [-0.05, 0) is 64.5 Å². The minimum absolute atomic E-state index is 0.113. The van der Waals surface area contributed by atoms with Gasteiger partial charge in [-0.1, -0.05) is 6.07 Å². The molecule has 2 bridgehead atoms. The maximum Gasteiger partial charge on any atom is 0.350 e. The number of halogens is 2. The van der Waals surface area contributed by atoms with Crippen LogP contribution in [0.1, 0.15) is 52.4 Å². The number of alkyl halides is 1. The third-order valence-corrected chi connectivity index (χ3v) is 8.34. The summed E-state index contributed by atoms with van der Waals surface area (Å²) >= 11 is 0. The van der Waals surface area contributed by atoms with Crippen molar-refractivity contribution in [1.82, 2.24) is 30.0 Å². The van der Waals surface area contributed by atoms with Crippen LogP contribution in [0.25, 0.3) is 22.5 Å². The van der Waals surface area contributed by atoms with E-state index in [2.05, 4.69) is 32.4 Å². The van der Waals surface area contributed by atoms with Crippen molar-refractivity contribution in [3.05, 3.63) is 46.9 Å². The smallest absolute Gasteiger partial charge is 0.350 e. The van der Waals surface area contributed by atoms with E-state index in [1.165, 1.54) is 19.3 Å². The number of fused-ring (bicyclic) bond motifs is 2. The summed E-state index contributed by atoms with van der Waals surface area (Å²) in [5, 5.41) is 23.0. The van der Waals surface area contributed by atoms with Gasteiger partial charge in [0.05, 0.1) is 17.9 Å². The molecule has 2 aliphatic heterocycles. The van der Waals surface area contributed by atoms with Crippen molar-refractivity contribution in [3.63, 3.8) is 0 Å². The van der Waals surface area contributed by atoms with Crippen LogP contribution in [0, 0.1) is 5.95 Å². The second-order valence-electron chi connectivity index (χ2n) is 11.4. The molecule has 3 fully saturated rings. The molecule has 9 nitrogen and oxygen atoms in total. The van der Waals surface area contributed by atoms with E-state index < -0.39 is 23.3 Å². The summed E-state index contributed by atoms with van der Waals surface area (Å²) in [6, 6.07) is 5.59. The predicted molar refractivity (Wildman–Crippen MR) is 138 cm³/mol. The minimum atomic E-state index is -1.07. The lowest BCUT2D eigenvalue weighted by Gasteiger charge is -2.57. The number of aromatic nitrogens is 5. The molecular formula is C27H31F2N7O2. The van der Waals surface area contributed by atoms with Crippen LogP contribution in [-0.2, 0) is 7.05 Å². The van der Waals surface area contributed by atoms with Crippen molar-refractivity contribution in [2.24, 2.45) is 7.05 Å². The van der Waals surface area contributed by atoms with Gasteiger partial charge in [0.2, 0.25) is 5.95 Å². The summed E-state index contributed by atoms with van der Waals surface area (Å²) in [6.07, 6.45) is 5.89. The van der Waals surface area contributed by atoms with Crippen LogP contribution in [0.5, 0.6) is 5.75 Å². The molecule has 200 valence electrons. The van der Waals surface area contributed by atoms with Crippen LogP contribution in [0.2, 0.25) is 0 Å². The van der Waals surface area contributed by atoms with Gasteiger partial charge in [0.1, 0.15) is 17.6 Å². The molecule has 2 N–H and O–H groups in total. The zero-order valence-electron chi connectivity index (χ0n) is 21.7. The number of phenols is 1. The molecule has 1 aliphatic carbocycles. The van der Waals surface area contributed by atoms with Crippen LogP contribution >= 0.6 is 0 Å². The molecule has 0 spiro atoms. The maximum atomic E-state index is 16.0. The quantitative estimate of drug-likeness (QED) is 0.489. The number of nitrogens with one attached hydrogen (secondary N) is 1. The second-order valence-corrected chi connectivity index (χ2v) is 11.4. The molecule has 1 saturated carbocycles. The van der Waals surface area contributed by atoms with Gasteiger partial charge in [-0.15, -0.1) is 10.2 Å². The first-order valence-electron chi connectivity index (χ1n) is 13.1. The summed E-state index contributed by atoms with van der Waals surface area (Å²) in [6.45, 7) is 4.17. The summed E-state index contributed by atoms with van der Waals surface area (Å²) in [4.78, 5) is 22.3. The number of aromatic hydroxyl groups is 1. The fourth-order valence-electron chi connectivity index (χ4n) is 6.26. The predicted octanol–water partition coefficient (Wildman–Crippen LogP) is 3.51. The molecule has 4 atom stereocenters. The molecular weight excluding hydrogens is 492 g/mol. The van der Waals surface area contributed by atoms with E-state index in [0.29, 0.717) is 29.2 Å². The highest BCUT2D eigenvalue weighted by molar-refractivity contribution is 5.72. The van der Waals surface area contributed by atoms with Crippen LogP contribution in [0.3, 0.4) is 0 Å². The lowest BCUT2D eigenvalue weighted by Crippen LogP contribution is -2.73. The first kappa shape index (κ1) is 24.8. The molecule has 2 saturated heterocycles. The summed E-state index contributed by atoms with van der Waals surface area (Å²) in [5.41, 5.74) is -0.225. The Bertz CT molecular complexity index is 1440. The largest absolute Gasteiger partial charge is 0.507 e. The molecule has 2 aromatic heterocycles. The Morgan fingerprint density at radius 3 is 2.61 bits per heavy atom. The number of piperidine rings is 2. The molecule has 3 aromatic rings. The van der Waals surface area contributed by atoms with Crippen LogP contribution in [0.4, 0.5) is 14.7 Å². The van der Waals surface area contributed by atoms with Crippen molar-refractivity contribution >= 4 is 5.95 Å². The molecule has 6 rings (SSSR count). The lowest BCUT2D eigenvalue weighted by atomic mass is 9.68. The van der Waals surface area contributed by atoms with Crippen LogP contribution in [0.15, 0.2) is 35.3 Å². The Morgan fingerprint density at radius 2 is 1.95 bits per heavy atom. The molecule has 4 heterocycles. The van der Waals surface area contributed by atoms with Crippen molar-refractivity contribution in [2.45, 2.75) is 81.7 Å². The van der Waals surface area contributed by atoms with Crippen molar-refractivity contribution in [2.75, 3.05) is 4.90 Å². The maximum absolute atomic E-state index is 16.0. The van der Waals surface area contributed by atoms with E-state index in [-0.39, 0.29) is 29.1 Å². The van der Waals surface area contributed by atoms with Crippen LogP contribution in [-0.4, -0.2) is 59.2 Å². The Labute approximate surface area is 219 Å². The summed E-state index contributed by atoms with van der Waals surface area (Å²) in [7, 11) is 1.29. The number of anilines is 1. The normalized spacial score (nSPS) is 28.8. The topological polar surface area (TPSA) is 109 Å². The van der Waals surface area contributed by atoms with E-state index in [9.17, 15) is 14.3 Å². The number of phenolic OH excluding ortho intramolecular Hbond substituents is 1. The number of nitrogens with zero attached hydrogens (tertiary/aromatic N) is 6. The highest BCUT2D eigenvalue weighted by Gasteiger charge is 2.56. The Balaban J connectivity index is 1.28. The SMILES string of the molecule is Cn1c(F)cc(-c2ccc(-c3cnc(N(C4CC4)[C@H]4C[C@]5(C)CCC[C@@](C)(N5)[C@H]4F)nn3)c(O)c2)nc1=O. The van der Waals surface area contributed by atoms with E-state index in [1.54, 1.807) is 12.1 Å². The van der Waals surface area contributed by atoms with Gasteiger partial charge in [0, 0.05) is 41.4 Å². The van der Waals surface area contributed by atoms with Crippen molar-refractivity contribution in [1.29, 1.82) is 0 Å². The van der Waals surface area contributed by atoms with E-state index in [0.717, 1.165) is 42.7 Å². The fraction of sp³-hybridized carbons (Fsp3) is 0.519. The standard InChI is InChI=1S/C27H31F2N7O2/c1-26-9-4-10-27(2,34-26)23(29)20(13-26)36(16-6-7-16)24-30-14-19(32-33-24)17-8-5-15(11-21(17)37)18-12-22(28)35(3)25(38)31-18/h5,8,11-12,14,16,20,23,34,37H,4,6-7,9-10,13H2,1-3H3/t20-,23-,26-,27+/m0/s1. The molecule has 0 unspecified atom stereocenters. The Kier molecular flexibility index (Phi) is 5.75. The van der Waals surface area contributed by atoms with E-state index in [1.807, 2.05) is 11.8 Å². The third kappa shape index (κ3) is 4.22. The first-order chi connectivity index (χ1) is 18.1. The van der Waals surface area contributed by atoms with Crippen molar-refractivity contribution in [3.8, 4) is 28.3 Å². The lowest BCUT2D eigenvalue weighted by molar-refractivity contribution is 0.0000874. The molecule has 0 amide bonds. The van der Waals surface area contributed by atoms with Gasteiger partial charge in [0.15, 0.2) is 5.95 Å². The van der Waals surface area contributed by atoms with Crippen LogP contribution < -0.4 is 15.9 Å². The Morgan fingerprint density at radius 1 is 1.16 bits per heavy atom. The highest BCUT2D eigenvalue weighted by atomic mass is 19.1. The Hall–Kier alpha value is -3.47. The fourth-order valence-corrected chi connectivity index (χ4v) is 6.26. The minimum Gasteiger partial charge on any atom is -0.507 e. The number of hydrogen-bond acceptors (Lipinski definition) is 8. The highest BCUT2D eigenvalue weighted by Crippen LogP contribution is 2.46. The van der Waals surface area contributed by atoms with Gasteiger partial charge < -0.3 is 15.3 Å². The molecule has 38 heavy (non-hydrogen) atoms. The summed E-state index contributed by atoms with van der Waals surface area (Å²) < 4.78 is 30.8. The zero-order valence-corrected chi connectivity index (χ0v) is 21.7. The molecule has 3 aliphatic rings.